The quantitative estimate of drug-likeness (QED) is 0.806. The molecule has 1 atom stereocenters. The fourth-order valence-corrected chi connectivity index (χ4v) is 1.81. The summed E-state index contributed by atoms with van der Waals surface area (Å²) in [5.41, 5.74) is 0. The van der Waals surface area contributed by atoms with Gasteiger partial charge in [0.1, 0.15) is 17.5 Å². The highest BCUT2D eigenvalue weighted by Crippen LogP contribution is 2.14. The van der Waals surface area contributed by atoms with Gasteiger partial charge in [0.05, 0.1) is 6.10 Å². The summed E-state index contributed by atoms with van der Waals surface area (Å²) in [5.74, 6) is 2.45. The van der Waals surface area contributed by atoms with Crippen LogP contribution in [-0.4, -0.2) is 36.3 Å². The average Bonchev–Trinajstić information content (AvgIpc) is 2.78. The summed E-state index contributed by atoms with van der Waals surface area (Å²) >= 11 is 0. The van der Waals surface area contributed by atoms with Crippen molar-refractivity contribution in [1.82, 2.24) is 9.97 Å². The highest BCUT2D eigenvalue weighted by molar-refractivity contribution is 5.47. The molecule has 5 nitrogen and oxygen atoms in total. The van der Waals surface area contributed by atoms with E-state index in [0.29, 0.717) is 6.10 Å². The summed E-state index contributed by atoms with van der Waals surface area (Å²) in [6.45, 7) is 3.59. The Kier molecular flexibility index (Phi) is 3.56. The minimum absolute atomic E-state index is 0.327. The molecule has 1 unspecified atom stereocenters. The number of anilines is 2. The maximum atomic E-state index is 5.54. The van der Waals surface area contributed by atoms with E-state index in [1.165, 1.54) is 0 Å². The molecule has 1 aromatic rings. The monoisotopic (exact) mass is 222 g/mol. The molecule has 2 rings (SSSR count). The lowest BCUT2D eigenvalue weighted by Crippen LogP contribution is -2.19. The predicted octanol–water partition coefficient (Wildman–Crippen LogP) is 1.42. The number of ether oxygens (including phenoxy) is 1. The third-order valence-electron chi connectivity index (χ3n) is 2.63. The van der Waals surface area contributed by atoms with Crippen LogP contribution in [0.2, 0.25) is 0 Å². The number of aromatic nitrogens is 2. The van der Waals surface area contributed by atoms with Crippen molar-refractivity contribution in [3.8, 4) is 0 Å². The summed E-state index contributed by atoms with van der Waals surface area (Å²) in [7, 11) is 1.85. The van der Waals surface area contributed by atoms with E-state index in [1.54, 1.807) is 0 Å². The Hall–Kier alpha value is -1.36. The third kappa shape index (κ3) is 2.82. The molecule has 5 heteroatoms. The van der Waals surface area contributed by atoms with Gasteiger partial charge < -0.3 is 15.4 Å². The van der Waals surface area contributed by atoms with Crippen LogP contribution in [-0.2, 0) is 4.74 Å². The largest absolute Gasteiger partial charge is 0.376 e. The molecule has 0 saturated carbocycles. The van der Waals surface area contributed by atoms with Gasteiger partial charge in [0.15, 0.2) is 0 Å². The van der Waals surface area contributed by atoms with Crippen molar-refractivity contribution in [2.24, 2.45) is 0 Å². The Labute approximate surface area is 95.6 Å². The van der Waals surface area contributed by atoms with Crippen LogP contribution in [0.5, 0.6) is 0 Å². The molecule has 0 radical (unpaired) electrons. The molecule has 0 spiro atoms. The number of nitrogens with zero attached hydrogens (tertiary/aromatic N) is 2. The third-order valence-corrected chi connectivity index (χ3v) is 2.63. The van der Waals surface area contributed by atoms with E-state index in [1.807, 2.05) is 20.0 Å². The molecule has 88 valence electrons. The summed E-state index contributed by atoms with van der Waals surface area (Å²) in [6.07, 6.45) is 2.63. The molecule has 0 amide bonds. The van der Waals surface area contributed by atoms with Crippen LogP contribution < -0.4 is 10.6 Å². The van der Waals surface area contributed by atoms with Crippen LogP contribution in [0.25, 0.3) is 0 Å². The van der Waals surface area contributed by atoms with Gasteiger partial charge in [-0.3, -0.25) is 0 Å². The summed E-state index contributed by atoms with van der Waals surface area (Å²) in [6, 6.07) is 1.90. The lowest BCUT2D eigenvalue weighted by molar-refractivity contribution is 0.120. The first-order valence-corrected chi connectivity index (χ1v) is 5.67. The molecule has 1 aromatic heterocycles. The minimum Gasteiger partial charge on any atom is -0.376 e. The first-order chi connectivity index (χ1) is 7.78. The molecule has 1 fully saturated rings. The van der Waals surface area contributed by atoms with Gasteiger partial charge in [-0.05, 0) is 19.8 Å². The first kappa shape index (κ1) is 11.1. The fraction of sp³-hybridized carbons (Fsp3) is 0.636. The van der Waals surface area contributed by atoms with Gasteiger partial charge in [0.2, 0.25) is 0 Å². The van der Waals surface area contributed by atoms with Crippen molar-refractivity contribution in [2.45, 2.75) is 25.9 Å². The molecule has 1 aliphatic heterocycles. The molecule has 2 N–H and O–H groups in total. The lowest BCUT2D eigenvalue weighted by atomic mass is 10.2. The molecular weight excluding hydrogens is 204 g/mol. The Morgan fingerprint density at radius 3 is 2.94 bits per heavy atom. The van der Waals surface area contributed by atoms with Gasteiger partial charge in [-0.2, -0.15) is 0 Å². The molecule has 0 aromatic carbocycles. The molecule has 0 aliphatic carbocycles. The second-order valence-electron chi connectivity index (χ2n) is 3.95. The van der Waals surface area contributed by atoms with Crippen LogP contribution in [0.15, 0.2) is 6.07 Å². The van der Waals surface area contributed by atoms with Gasteiger partial charge >= 0.3 is 0 Å². The summed E-state index contributed by atoms with van der Waals surface area (Å²) in [5, 5.41) is 6.30. The molecular formula is C11H18N4O. The number of nitrogens with one attached hydrogen (secondary N) is 2. The van der Waals surface area contributed by atoms with Crippen molar-refractivity contribution < 1.29 is 4.74 Å². The van der Waals surface area contributed by atoms with E-state index < -0.39 is 0 Å². The molecule has 16 heavy (non-hydrogen) atoms. The standard InChI is InChI=1S/C11H18N4O/c1-8-14-10(12-2)6-11(15-8)13-7-9-4-3-5-16-9/h6,9H,3-5,7H2,1-2H3,(H2,12,13,14,15). The minimum atomic E-state index is 0.327. The summed E-state index contributed by atoms with van der Waals surface area (Å²) in [4.78, 5) is 8.56. The maximum absolute atomic E-state index is 5.54. The van der Waals surface area contributed by atoms with Crippen molar-refractivity contribution in [3.05, 3.63) is 11.9 Å². The molecule has 0 bridgehead atoms. The van der Waals surface area contributed by atoms with E-state index in [0.717, 1.165) is 43.5 Å². The topological polar surface area (TPSA) is 59.1 Å². The van der Waals surface area contributed by atoms with Crippen LogP contribution in [0, 0.1) is 6.92 Å². The van der Waals surface area contributed by atoms with Crippen LogP contribution in [0.3, 0.4) is 0 Å². The van der Waals surface area contributed by atoms with Gasteiger partial charge in [0, 0.05) is 26.3 Å². The van der Waals surface area contributed by atoms with Gasteiger partial charge in [-0.25, -0.2) is 9.97 Å². The fourth-order valence-electron chi connectivity index (χ4n) is 1.81. The zero-order chi connectivity index (χ0) is 11.4. The second-order valence-corrected chi connectivity index (χ2v) is 3.95. The van der Waals surface area contributed by atoms with E-state index in [2.05, 4.69) is 20.6 Å². The van der Waals surface area contributed by atoms with Crippen molar-refractivity contribution in [1.29, 1.82) is 0 Å². The van der Waals surface area contributed by atoms with Gasteiger partial charge in [-0.1, -0.05) is 0 Å². The lowest BCUT2D eigenvalue weighted by Gasteiger charge is -2.12. The van der Waals surface area contributed by atoms with Crippen molar-refractivity contribution in [3.63, 3.8) is 0 Å². The van der Waals surface area contributed by atoms with Gasteiger partial charge in [-0.15, -0.1) is 0 Å². The second kappa shape index (κ2) is 5.12. The average molecular weight is 222 g/mol. The Balaban J connectivity index is 1.94. The molecule has 1 aliphatic rings. The van der Waals surface area contributed by atoms with E-state index >= 15 is 0 Å². The SMILES string of the molecule is CNc1cc(NCC2CCCO2)nc(C)n1. The van der Waals surface area contributed by atoms with E-state index in [-0.39, 0.29) is 0 Å². The number of rotatable bonds is 4. The van der Waals surface area contributed by atoms with Crippen LogP contribution >= 0.6 is 0 Å². The number of aryl methyl sites for hydroxylation is 1. The Morgan fingerprint density at radius 2 is 2.25 bits per heavy atom. The highest BCUT2D eigenvalue weighted by atomic mass is 16.5. The van der Waals surface area contributed by atoms with Crippen molar-refractivity contribution in [2.75, 3.05) is 30.8 Å². The smallest absolute Gasteiger partial charge is 0.131 e. The number of hydrogen-bond acceptors (Lipinski definition) is 5. The normalized spacial score (nSPS) is 19.8. The molecule has 1 saturated heterocycles. The van der Waals surface area contributed by atoms with Crippen LogP contribution in [0.1, 0.15) is 18.7 Å². The van der Waals surface area contributed by atoms with E-state index in [9.17, 15) is 0 Å². The maximum Gasteiger partial charge on any atom is 0.131 e. The summed E-state index contributed by atoms with van der Waals surface area (Å²) < 4.78 is 5.54. The zero-order valence-electron chi connectivity index (χ0n) is 9.79. The molecule has 2 heterocycles. The van der Waals surface area contributed by atoms with Gasteiger partial charge in [0.25, 0.3) is 0 Å². The van der Waals surface area contributed by atoms with Crippen LogP contribution in [0.4, 0.5) is 11.6 Å². The highest BCUT2D eigenvalue weighted by Gasteiger charge is 2.15. The Bertz CT molecular complexity index is 350. The first-order valence-electron chi connectivity index (χ1n) is 5.67. The van der Waals surface area contributed by atoms with E-state index in [4.69, 9.17) is 4.74 Å². The zero-order valence-corrected chi connectivity index (χ0v) is 9.79. The number of hydrogen-bond donors (Lipinski definition) is 2. The Morgan fingerprint density at radius 1 is 1.44 bits per heavy atom. The van der Waals surface area contributed by atoms with Crippen molar-refractivity contribution >= 4 is 11.6 Å². The predicted molar refractivity (Wildman–Crippen MR) is 63.8 cm³/mol.